The molecule has 2 aromatic rings. The molecule has 3 heterocycles. The van der Waals surface area contributed by atoms with E-state index in [-0.39, 0.29) is 11.5 Å². The molecule has 2 bridgehead atoms. The molecule has 0 amide bonds. The van der Waals surface area contributed by atoms with Crippen LogP contribution in [0.2, 0.25) is 0 Å². The molecule has 5 aliphatic rings. The number of likely N-dealkylation sites (tertiary alicyclic amines) is 2. The van der Waals surface area contributed by atoms with Crippen molar-refractivity contribution < 1.29 is 10.2 Å². The summed E-state index contributed by atoms with van der Waals surface area (Å²) < 4.78 is 2.18. The maximum atomic E-state index is 12.7. The number of aromatic hydroxyl groups is 1. The Balaban J connectivity index is 1.19. The van der Waals surface area contributed by atoms with Gasteiger partial charge in [0.15, 0.2) is 0 Å². The van der Waals surface area contributed by atoms with Gasteiger partial charge in [0, 0.05) is 36.8 Å². The number of aromatic nitrogens is 2. The average molecular weight is 477 g/mol. The van der Waals surface area contributed by atoms with Crippen molar-refractivity contribution in [2.75, 3.05) is 26.2 Å². The molecule has 2 saturated carbocycles. The second-order valence-electron chi connectivity index (χ2n) is 12.4. The number of nitrogens with zero attached hydrogens (tertiary/aromatic N) is 4. The fourth-order valence-electron chi connectivity index (χ4n) is 8.39. The maximum Gasteiger partial charge on any atom is 0.115 e. The van der Waals surface area contributed by atoms with Crippen LogP contribution in [0, 0.1) is 12.8 Å². The summed E-state index contributed by atoms with van der Waals surface area (Å²) in [6.07, 6.45) is 14.1. The zero-order chi connectivity index (χ0) is 23.8. The summed E-state index contributed by atoms with van der Waals surface area (Å²) in [7, 11) is 0. The predicted octanol–water partition coefficient (Wildman–Crippen LogP) is 3.80. The van der Waals surface area contributed by atoms with Gasteiger partial charge >= 0.3 is 0 Å². The molecule has 1 aromatic heterocycles. The molecule has 1 aromatic carbocycles. The number of phenolic OH excluding ortho intramolecular Hbond substituents is 1. The highest BCUT2D eigenvalue weighted by Gasteiger charge is 2.63. The third-order valence-electron chi connectivity index (χ3n) is 10.5. The van der Waals surface area contributed by atoms with E-state index in [1.54, 1.807) is 0 Å². The van der Waals surface area contributed by atoms with Crippen LogP contribution in [0.4, 0.5) is 0 Å². The van der Waals surface area contributed by atoms with Gasteiger partial charge in [-0.15, -0.1) is 0 Å². The van der Waals surface area contributed by atoms with Gasteiger partial charge in [-0.3, -0.25) is 9.58 Å². The van der Waals surface area contributed by atoms with E-state index in [9.17, 15) is 10.2 Å². The minimum absolute atomic E-state index is 0.192. The Labute approximate surface area is 208 Å². The lowest BCUT2D eigenvalue weighted by Crippen LogP contribution is -2.71. The standard InChI is InChI=1S/C29H40N4O2/c1-20-17-30-33(18-20)24-6-5-23(15-24)31-11-8-28-9-12-32(19-21-2-3-21)27(29(28,35)10-13-31)14-22-4-7-25(34)16-26(22)28/h4,7,16-18,21,23-24,27,34-35H,2-3,5-6,8-15,19H2,1H3/t23-,24-,27+,28-,29+/m0/s1. The number of benzene rings is 1. The topological polar surface area (TPSA) is 64.8 Å². The van der Waals surface area contributed by atoms with Crippen molar-refractivity contribution in [3.05, 3.63) is 47.3 Å². The molecule has 2 aliphatic heterocycles. The molecule has 2 saturated heterocycles. The normalized spacial score (nSPS) is 37.6. The van der Waals surface area contributed by atoms with Gasteiger partial charge in [-0.2, -0.15) is 5.10 Å². The van der Waals surface area contributed by atoms with E-state index in [4.69, 9.17) is 0 Å². The summed E-state index contributed by atoms with van der Waals surface area (Å²) in [5.41, 5.74) is 2.84. The molecule has 7 rings (SSSR count). The number of hydrogen-bond donors (Lipinski definition) is 2. The van der Waals surface area contributed by atoms with E-state index in [1.165, 1.54) is 42.4 Å². The molecule has 0 spiro atoms. The predicted molar refractivity (Wildman–Crippen MR) is 136 cm³/mol. The minimum Gasteiger partial charge on any atom is -0.508 e. The van der Waals surface area contributed by atoms with Crippen LogP contribution in [0.1, 0.15) is 74.1 Å². The monoisotopic (exact) mass is 476 g/mol. The highest BCUT2D eigenvalue weighted by atomic mass is 16.3. The van der Waals surface area contributed by atoms with Gasteiger partial charge in [-0.1, -0.05) is 6.07 Å². The van der Waals surface area contributed by atoms with Crippen LogP contribution in [0.5, 0.6) is 5.75 Å². The Morgan fingerprint density at radius 3 is 2.63 bits per heavy atom. The number of piperidine rings is 1. The van der Waals surface area contributed by atoms with E-state index in [0.29, 0.717) is 17.8 Å². The van der Waals surface area contributed by atoms with Crippen molar-refractivity contribution in [1.29, 1.82) is 0 Å². The summed E-state index contributed by atoms with van der Waals surface area (Å²) in [6, 6.07) is 7.23. The fourth-order valence-corrected chi connectivity index (χ4v) is 8.39. The SMILES string of the molecule is Cc1cnn([C@H]2CC[C@H](N3CC[C@]45CCN(CC6CC6)[C@H](Cc6ccc(O)cc64)[C@]5(O)CC3)C2)c1. The first-order chi connectivity index (χ1) is 16.9. The van der Waals surface area contributed by atoms with Crippen molar-refractivity contribution >= 4 is 0 Å². The molecule has 35 heavy (non-hydrogen) atoms. The molecule has 6 nitrogen and oxygen atoms in total. The molecule has 5 atom stereocenters. The first kappa shape index (κ1) is 22.3. The third kappa shape index (κ3) is 3.51. The molecule has 2 N–H and O–H groups in total. The van der Waals surface area contributed by atoms with Gasteiger partial charge in [0.1, 0.15) is 5.75 Å². The number of fused-ring (bicyclic) bond motifs is 1. The zero-order valence-corrected chi connectivity index (χ0v) is 21.1. The zero-order valence-electron chi connectivity index (χ0n) is 21.1. The van der Waals surface area contributed by atoms with Crippen molar-refractivity contribution in [3.8, 4) is 5.75 Å². The van der Waals surface area contributed by atoms with E-state index in [1.807, 2.05) is 18.3 Å². The van der Waals surface area contributed by atoms with Crippen molar-refractivity contribution in [3.63, 3.8) is 0 Å². The Morgan fingerprint density at radius 2 is 1.83 bits per heavy atom. The maximum absolute atomic E-state index is 12.7. The summed E-state index contributed by atoms with van der Waals surface area (Å²) >= 11 is 0. The summed E-state index contributed by atoms with van der Waals surface area (Å²) in [5, 5.41) is 27.8. The Bertz CT molecular complexity index is 1110. The molecular weight excluding hydrogens is 436 g/mol. The summed E-state index contributed by atoms with van der Waals surface area (Å²) in [5.74, 6) is 1.17. The number of rotatable bonds is 4. The molecule has 188 valence electrons. The Kier molecular flexibility index (Phi) is 5.14. The lowest BCUT2D eigenvalue weighted by molar-refractivity contribution is -0.149. The van der Waals surface area contributed by atoms with Crippen molar-refractivity contribution in [2.45, 2.75) is 93.9 Å². The van der Waals surface area contributed by atoms with Crippen LogP contribution < -0.4 is 0 Å². The van der Waals surface area contributed by atoms with Gasteiger partial charge in [0.2, 0.25) is 0 Å². The molecule has 0 unspecified atom stereocenters. The second kappa shape index (κ2) is 8.06. The van der Waals surface area contributed by atoms with E-state index >= 15 is 0 Å². The van der Waals surface area contributed by atoms with Crippen molar-refractivity contribution in [2.24, 2.45) is 5.92 Å². The fraction of sp³-hybridized carbons (Fsp3) is 0.690. The van der Waals surface area contributed by atoms with Crippen LogP contribution in [0.25, 0.3) is 0 Å². The van der Waals surface area contributed by atoms with Gasteiger partial charge in [-0.25, -0.2) is 0 Å². The Morgan fingerprint density at radius 1 is 1.03 bits per heavy atom. The second-order valence-corrected chi connectivity index (χ2v) is 12.4. The van der Waals surface area contributed by atoms with Crippen LogP contribution in [0.15, 0.2) is 30.6 Å². The molecular formula is C29H40N4O2. The van der Waals surface area contributed by atoms with Gasteiger partial charge in [0.25, 0.3) is 0 Å². The van der Waals surface area contributed by atoms with Crippen LogP contribution in [-0.4, -0.2) is 73.7 Å². The lowest BCUT2D eigenvalue weighted by atomic mass is 9.52. The smallest absolute Gasteiger partial charge is 0.115 e. The number of aliphatic hydroxyl groups is 1. The average Bonchev–Trinajstić information content (AvgIpc) is 3.39. The van der Waals surface area contributed by atoms with Gasteiger partial charge in [0.05, 0.1) is 17.8 Å². The van der Waals surface area contributed by atoms with Crippen LogP contribution >= 0.6 is 0 Å². The van der Waals surface area contributed by atoms with Crippen LogP contribution in [0.3, 0.4) is 0 Å². The number of aryl methyl sites for hydroxylation is 1. The van der Waals surface area contributed by atoms with Crippen molar-refractivity contribution in [1.82, 2.24) is 19.6 Å². The lowest BCUT2D eigenvalue weighted by Gasteiger charge is -2.61. The first-order valence-electron chi connectivity index (χ1n) is 14.0. The van der Waals surface area contributed by atoms with Gasteiger partial charge in [-0.05, 0) is 113 Å². The van der Waals surface area contributed by atoms with Crippen LogP contribution in [-0.2, 0) is 11.8 Å². The summed E-state index contributed by atoms with van der Waals surface area (Å²) in [4.78, 5) is 5.34. The molecule has 6 heteroatoms. The summed E-state index contributed by atoms with van der Waals surface area (Å²) in [6.45, 7) is 6.33. The quantitative estimate of drug-likeness (QED) is 0.703. The molecule has 0 radical (unpaired) electrons. The Hall–Kier alpha value is -1.89. The largest absolute Gasteiger partial charge is 0.508 e. The van der Waals surface area contributed by atoms with E-state index in [2.05, 4.69) is 38.8 Å². The van der Waals surface area contributed by atoms with E-state index < -0.39 is 5.60 Å². The molecule has 4 fully saturated rings. The highest BCUT2D eigenvalue weighted by molar-refractivity contribution is 5.48. The number of phenols is 1. The highest BCUT2D eigenvalue weighted by Crippen LogP contribution is 2.57. The first-order valence-corrected chi connectivity index (χ1v) is 14.0. The van der Waals surface area contributed by atoms with Gasteiger partial charge < -0.3 is 15.1 Å². The molecule has 3 aliphatic carbocycles. The third-order valence-corrected chi connectivity index (χ3v) is 10.5. The van der Waals surface area contributed by atoms with E-state index in [0.717, 1.165) is 64.2 Å². The number of hydrogen-bond acceptors (Lipinski definition) is 5. The minimum atomic E-state index is -0.729.